The van der Waals surface area contributed by atoms with Crippen LogP contribution in [0.5, 0.6) is 0 Å². The van der Waals surface area contributed by atoms with Crippen LogP contribution in [0.25, 0.3) is 0 Å². The molecule has 0 unspecified atom stereocenters. The van der Waals surface area contributed by atoms with E-state index < -0.39 is 27.7 Å². The highest BCUT2D eigenvalue weighted by Gasteiger charge is 2.27. The largest absolute Gasteiger partial charge is 0.462 e. The van der Waals surface area contributed by atoms with E-state index in [1.165, 1.54) is 30.3 Å². The second kappa shape index (κ2) is 7.43. The zero-order chi connectivity index (χ0) is 20.5. The van der Waals surface area contributed by atoms with E-state index in [1.54, 1.807) is 19.9 Å². The second-order valence-corrected chi connectivity index (χ2v) is 7.89. The van der Waals surface area contributed by atoms with Crippen molar-refractivity contribution in [2.24, 2.45) is 0 Å². The van der Waals surface area contributed by atoms with Crippen molar-refractivity contribution in [3.63, 3.8) is 0 Å². The maximum absolute atomic E-state index is 12.9. The molecule has 8 nitrogen and oxygen atoms in total. The number of carbonyl (C=O) groups excluding carboxylic acids is 3. The molecule has 1 heterocycles. The molecule has 9 heteroatoms. The molecular formula is C19H18N2O6S. The Kier molecular flexibility index (Phi) is 5.19. The zero-order valence-electron chi connectivity index (χ0n) is 15.2. The molecule has 0 radical (unpaired) electrons. The average molecular weight is 402 g/mol. The first kappa shape index (κ1) is 19.6. The highest BCUT2D eigenvalue weighted by Crippen LogP contribution is 2.29. The van der Waals surface area contributed by atoms with Crippen molar-refractivity contribution < 1.29 is 27.5 Å². The smallest absolute Gasteiger partial charge is 0.338 e. The Labute approximate surface area is 161 Å². The lowest BCUT2D eigenvalue weighted by molar-refractivity contribution is -0.134. The van der Waals surface area contributed by atoms with Gasteiger partial charge in [-0.2, -0.15) is 0 Å². The maximum atomic E-state index is 12.9. The van der Waals surface area contributed by atoms with E-state index in [2.05, 4.69) is 10.0 Å². The molecular weight excluding hydrogens is 384 g/mol. The summed E-state index contributed by atoms with van der Waals surface area (Å²) in [5, 5.41) is 2.41. The molecule has 0 spiro atoms. The van der Waals surface area contributed by atoms with Gasteiger partial charge >= 0.3 is 5.97 Å². The summed E-state index contributed by atoms with van der Waals surface area (Å²) in [5.41, 5.74) is 1.69. The molecule has 0 fully saturated rings. The molecule has 0 aromatic heterocycles. The van der Waals surface area contributed by atoms with Gasteiger partial charge < -0.3 is 10.1 Å². The summed E-state index contributed by atoms with van der Waals surface area (Å²) in [6, 6.07) is 8.84. The summed E-state index contributed by atoms with van der Waals surface area (Å²) < 4.78 is 33.0. The molecule has 2 aromatic rings. The number of benzene rings is 2. The number of Topliss-reactive ketones (excluding diaryl/α,β-unsaturated/α-hetero) is 1. The van der Waals surface area contributed by atoms with Gasteiger partial charge in [0, 0.05) is 17.8 Å². The van der Waals surface area contributed by atoms with Gasteiger partial charge in [-0.1, -0.05) is 12.1 Å². The van der Waals surface area contributed by atoms with Crippen LogP contribution >= 0.6 is 0 Å². The number of carbonyl (C=O) groups is 3. The number of esters is 1. The Balaban J connectivity index is 1.93. The van der Waals surface area contributed by atoms with Crippen molar-refractivity contribution in [2.75, 3.05) is 16.6 Å². The molecule has 0 aliphatic carbocycles. The summed E-state index contributed by atoms with van der Waals surface area (Å²) in [4.78, 5) is 34.9. The van der Waals surface area contributed by atoms with Gasteiger partial charge in [-0.3, -0.25) is 14.3 Å². The summed E-state index contributed by atoms with van der Waals surface area (Å²) in [6.45, 7) is 3.48. The first-order chi connectivity index (χ1) is 13.2. The zero-order valence-corrected chi connectivity index (χ0v) is 16.1. The maximum Gasteiger partial charge on any atom is 0.338 e. The molecule has 0 saturated heterocycles. The van der Waals surface area contributed by atoms with Crippen molar-refractivity contribution in [2.45, 2.75) is 25.2 Å². The average Bonchev–Trinajstić information content (AvgIpc) is 2.62. The van der Waals surface area contributed by atoms with Crippen molar-refractivity contribution in [1.82, 2.24) is 0 Å². The Bertz CT molecular complexity index is 1090. The fourth-order valence-corrected chi connectivity index (χ4v) is 4.18. The number of hydrogen-bond acceptors (Lipinski definition) is 6. The molecule has 1 aliphatic heterocycles. The molecule has 0 atom stereocenters. The highest BCUT2D eigenvalue weighted by molar-refractivity contribution is 7.92. The summed E-state index contributed by atoms with van der Waals surface area (Å²) in [5.74, 6) is -1.90. The minimum atomic E-state index is -4.00. The van der Waals surface area contributed by atoms with Gasteiger partial charge in [-0.15, -0.1) is 0 Å². The van der Waals surface area contributed by atoms with Crippen molar-refractivity contribution in [3.8, 4) is 0 Å². The lowest BCUT2D eigenvalue weighted by atomic mass is 10.00. The number of nitrogens with one attached hydrogen (secondary N) is 2. The second-order valence-electron chi connectivity index (χ2n) is 6.24. The monoisotopic (exact) mass is 402 g/mol. The van der Waals surface area contributed by atoms with E-state index in [1.807, 2.05) is 0 Å². The van der Waals surface area contributed by atoms with E-state index >= 15 is 0 Å². The topological polar surface area (TPSA) is 119 Å². The minimum Gasteiger partial charge on any atom is -0.462 e. The Morgan fingerprint density at radius 2 is 1.96 bits per heavy atom. The van der Waals surface area contributed by atoms with E-state index in [0.717, 1.165) is 0 Å². The minimum absolute atomic E-state index is 0.0394. The van der Waals surface area contributed by atoms with Crippen LogP contribution in [0.4, 0.5) is 11.4 Å². The van der Waals surface area contributed by atoms with Crippen LogP contribution in [0.15, 0.2) is 41.3 Å². The lowest BCUT2D eigenvalue weighted by Gasteiger charge is -2.19. The fraction of sp³-hybridized carbons (Fsp3) is 0.211. The third kappa shape index (κ3) is 3.89. The van der Waals surface area contributed by atoms with Gasteiger partial charge in [0.1, 0.15) is 0 Å². The predicted molar refractivity (Wildman–Crippen MR) is 102 cm³/mol. The van der Waals surface area contributed by atoms with Crippen LogP contribution in [0.1, 0.15) is 28.4 Å². The van der Waals surface area contributed by atoms with E-state index in [0.29, 0.717) is 11.1 Å². The van der Waals surface area contributed by atoms with E-state index in [4.69, 9.17) is 4.74 Å². The molecule has 1 amide bonds. The van der Waals surface area contributed by atoms with Crippen LogP contribution in [0.3, 0.4) is 0 Å². The predicted octanol–water partition coefficient (Wildman–Crippen LogP) is 2.04. The number of aryl methyl sites for hydroxylation is 1. The molecule has 3 rings (SSSR count). The number of sulfonamides is 1. The van der Waals surface area contributed by atoms with Crippen molar-refractivity contribution in [3.05, 3.63) is 53.1 Å². The molecule has 0 bridgehead atoms. The SMILES string of the molecule is CCOC(=O)c1cccc(NS(=O)(=O)c2cc3c(cc2C)CC(=O)C(=O)N3)c1. The molecule has 0 saturated carbocycles. The number of rotatable bonds is 5. The van der Waals surface area contributed by atoms with Crippen LogP contribution in [0, 0.1) is 6.92 Å². The first-order valence-corrected chi connectivity index (χ1v) is 9.97. The lowest BCUT2D eigenvalue weighted by Crippen LogP contribution is -2.30. The van der Waals surface area contributed by atoms with Gasteiger partial charge in [-0.25, -0.2) is 13.2 Å². The Morgan fingerprint density at radius 3 is 2.68 bits per heavy atom. The van der Waals surface area contributed by atoms with Crippen molar-refractivity contribution in [1.29, 1.82) is 0 Å². The van der Waals surface area contributed by atoms with Crippen molar-refractivity contribution >= 4 is 39.1 Å². The number of fused-ring (bicyclic) bond motifs is 1. The van der Waals surface area contributed by atoms with Gasteiger partial charge in [0.25, 0.3) is 15.9 Å². The Morgan fingerprint density at radius 1 is 1.21 bits per heavy atom. The van der Waals surface area contributed by atoms with Gasteiger partial charge in [-0.05, 0) is 49.2 Å². The van der Waals surface area contributed by atoms with Crippen LogP contribution in [-0.4, -0.2) is 32.7 Å². The molecule has 2 aromatic carbocycles. The Hall–Kier alpha value is -3.20. The molecule has 28 heavy (non-hydrogen) atoms. The third-order valence-electron chi connectivity index (χ3n) is 4.17. The normalized spacial score (nSPS) is 13.5. The molecule has 146 valence electrons. The molecule has 1 aliphatic rings. The van der Waals surface area contributed by atoms with Gasteiger partial charge in [0.2, 0.25) is 5.78 Å². The quantitative estimate of drug-likeness (QED) is 0.584. The third-order valence-corrected chi connectivity index (χ3v) is 5.69. The van der Waals surface area contributed by atoms with E-state index in [9.17, 15) is 22.8 Å². The first-order valence-electron chi connectivity index (χ1n) is 8.49. The van der Waals surface area contributed by atoms with Crippen LogP contribution in [-0.2, 0) is 30.8 Å². The summed E-state index contributed by atoms with van der Waals surface area (Å²) in [7, 11) is -4.00. The highest BCUT2D eigenvalue weighted by atomic mass is 32.2. The number of hydrogen-bond donors (Lipinski definition) is 2. The number of ketones is 1. The number of amides is 1. The summed E-state index contributed by atoms with van der Waals surface area (Å²) in [6.07, 6.45) is -0.0721. The number of anilines is 2. The number of ether oxygens (including phenoxy) is 1. The summed E-state index contributed by atoms with van der Waals surface area (Å²) >= 11 is 0. The van der Waals surface area contributed by atoms with Crippen LogP contribution < -0.4 is 10.0 Å². The fourth-order valence-electron chi connectivity index (χ4n) is 2.88. The van der Waals surface area contributed by atoms with Gasteiger partial charge in [0.05, 0.1) is 17.1 Å². The standard InChI is InChI=1S/C19H18N2O6S/c1-3-27-19(24)12-5-4-6-14(8-12)21-28(25,26)17-10-15-13(7-11(17)2)9-16(22)18(23)20-15/h4-8,10,21H,3,9H2,1-2H3,(H,20,23). The van der Waals surface area contributed by atoms with E-state index in [-0.39, 0.29) is 34.9 Å². The van der Waals surface area contributed by atoms with Gasteiger partial charge in [0.15, 0.2) is 0 Å². The molecule has 2 N–H and O–H groups in total. The van der Waals surface area contributed by atoms with Crippen LogP contribution in [0.2, 0.25) is 0 Å².